The number of carbonyl (C=O) groups is 2. The second-order valence-corrected chi connectivity index (χ2v) is 1.65. The van der Waals surface area contributed by atoms with Crippen LogP contribution in [0.4, 0.5) is 0 Å². The molecule has 0 aromatic rings. The fraction of sp³-hybridized carbons (Fsp3) is 0.500. The molecule has 4 heteroatoms. The number of hydrogen-bond donors (Lipinski definition) is 2. The van der Waals surface area contributed by atoms with Gasteiger partial charge in [-0.2, -0.15) is 0 Å². The smallest absolute Gasteiger partial charge is 0.244 e. The molecule has 12 heavy (non-hydrogen) atoms. The highest BCUT2D eigenvalue weighted by atomic mass is 16.2. The van der Waals surface area contributed by atoms with Gasteiger partial charge in [-0.3, -0.25) is 9.59 Å². The van der Waals surface area contributed by atoms with E-state index in [0.717, 1.165) is 6.08 Å². The molecule has 0 aliphatic heterocycles. The van der Waals surface area contributed by atoms with Crippen molar-refractivity contribution >= 4 is 11.8 Å². The quantitative estimate of drug-likeness (QED) is 0.478. The lowest BCUT2D eigenvalue weighted by molar-refractivity contribution is -0.119. The Kier molecular flexibility index (Phi) is 10.7. The van der Waals surface area contributed by atoms with E-state index in [1.165, 1.54) is 6.92 Å². The van der Waals surface area contributed by atoms with Crippen LogP contribution >= 0.6 is 0 Å². The molecule has 0 fully saturated rings. The summed E-state index contributed by atoms with van der Waals surface area (Å²) in [5, 5.41) is 4.77. The van der Waals surface area contributed by atoms with Crippen LogP contribution in [0.3, 0.4) is 0 Å². The van der Waals surface area contributed by atoms with Gasteiger partial charge >= 0.3 is 0 Å². The van der Waals surface area contributed by atoms with Gasteiger partial charge in [-0.25, -0.2) is 0 Å². The standard InChI is InChI=1S/C6H10N2O2.C2H6/c1-3-6(10)8-4-7-5(2)9;1-2/h3H,1,4H2,2H3,(H,7,9)(H,8,10);1-2H3. The minimum atomic E-state index is -0.297. The van der Waals surface area contributed by atoms with Gasteiger partial charge in [-0.05, 0) is 6.08 Å². The van der Waals surface area contributed by atoms with Crippen LogP contribution in [-0.2, 0) is 9.59 Å². The summed E-state index contributed by atoms with van der Waals surface area (Å²) >= 11 is 0. The highest BCUT2D eigenvalue weighted by molar-refractivity contribution is 5.87. The molecule has 0 spiro atoms. The van der Waals surface area contributed by atoms with Crippen LogP contribution in [0, 0.1) is 0 Å². The molecule has 0 rings (SSSR count). The molecular weight excluding hydrogens is 156 g/mol. The molecule has 0 radical (unpaired) electrons. The lowest BCUT2D eigenvalue weighted by Gasteiger charge is -2.00. The van der Waals surface area contributed by atoms with Crippen LogP contribution in [-0.4, -0.2) is 18.5 Å². The van der Waals surface area contributed by atoms with E-state index in [2.05, 4.69) is 17.2 Å². The molecule has 2 N–H and O–H groups in total. The summed E-state index contributed by atoms with van der Waals surface area (Å²) in [6.45, 7) is 8.76. The lowest BCUT2D eigenvalue weighted by Crippen LogP contribution is -2.35. The van der Waals surface area contributed by atoms with E-state index in [-0.39, 0.29) is 18.5 Å². The number of nitrogens with one attached hydrogen (secondary N) is 2. The van der Waals surface area contributed by atoms with Gasteiger partial charge in [-0.15, -0.1) is 0 Å². The van der Waals surface area contributed by atoms with Crippen LogP contribution in [0.2, 0.25) is 0 Å². The number of carbonyl (C=O) groups excluding carboxylic acids is 2. The maximum atomic E-state index is 10.4. The Balaban J connectivity index is 0. The summed E-state index contributed by atoms with van der Waals surface area (Å²) in [6, 6.07) is 0. The van der Waals surface area contributed by atoms with Crippen molar-refractivity contribution in [1.29, 1.82) is 0 Å². The van der Waals surface area contributed by atoms with Crippen molar-refractivity contribution in [1.82, 2.24) is 10.6 Å². The first-order valence-electron chi connectivity index (χ1n) is 3.81. The third-order valence-corrected chi connectivity index (χ3v) is 0.785. The van der Waals surface area contributed by atoms with Crippen molar-refractivity contribution in [3.63, 3.8) is 0 Å². The third kappa shape index (κ3) is 11.5. The van der Waals surface area contributed by atoms with E-state index < -0.39 is 0 Å². The van der Waals surface area contributed by atoms with Gasteiger partial charge in [0.25, 0.3) is 0 Å². The predicted molar refractivity (Wildman–Crippen MR) is 48.4 cm³/mol. The average Bonchev–Trinajstić information content (AvgIpc) is 2.07. The number of hydrogen-bond acceptors (Lipinski definition) is 2. The summed E-state index contributed by atoms with van der Waals surface area (Å²) in [4.78, 5) is 20.6. The van der Waals surface area contributed by atoms with Gasteiger partial charge in [0.1, 0.15) is 0 Å². The Morgan fingerprint density at radius 2 is 1.83 bits per heavy atom. The summed E-state index contributed by atoms with van der Waals surface area (Å²) in [7, 11) is 0. The van der Waals surface area contributed by atoms with Crippen molar-refractivity contribution in [2.45, 2.75) is 20.8 Å². The van der Waals surface area contributed by atoms with Crippen molar-refractivity contribution in [2.24, 2.45) is 0 Å². The predicted octanol–water partition coefficient (Wildman–Crippen LogP) is 0.408. The molecule has 0 aliphatic carbocycles. The maximum absolute atomic E-state index is 10.4. The second kappa shape index (κ2) is 9.68. The van der Waals surface area contributed by atoms with E-state index in [4.69, 9.17) is 0 Å². The molecule has 0 bridgehead atoms. The highest BCUT2D eigenvalue weighted by Gasteiger charge is 1.91. The molecule has 0 saturated carbocycles. The fourth-order valence-corrected chi connectivity index (χ4v) is 0.328. The van der Waals surface area contributed by atoms with Crippen molar-refractivity contribution in [2.75, 3.05) is 6.67 Å². The molecule has 0 aromatic carbocycles. The van der Waals surface area contributed by atoms with Crippen LogP contribution in [0.15, 0.2) is 12.7 Å². The average molecular weight is 172 g/mol. The van der Waals surface area contributed by atoms with Gasteiger partial charge in [-0.1, -0.05) is 20.4 Å². The van der Waals surface area contributed by atoms with Gasteiger partial charge in [0.2, 0.25) is 11.8 Å². The van der Waals surface area contributed by atoms with Crippen LogP contribution in [0.5, 0.6) is 0 Å². The van der Waals surface area contributed by atoms with Crippen LogP contribution in [0.1, 0.15) is 20.8 Å². The molecule has 0 aromatic heterocycles. The SMILES string of the molecule is C=CC(=O)NCNC(C)=O.CC. The summed E-state index contributed by atoms with van der Waals surface area (Å²) in [5.74, 6) is -0.474. The topological polar surface area (TPSA) is 58.2 Å². The van der Waals surface area contributed by atoms with E-state index in [1.54, 1.807) is 0 Å². The molecule has 4 nitrogen and oxygen atoms in total. The van der Waals surface area contributed by atoms with E-state index in [1.807, 2.05) is 13.8 Å². The molecule has 70 valence electrons. The first kappa shape index (κ1) is 13.3. The molecule has 0 atom stereocenters. The third-order valence-electron chi connectivity index (χ3n) is 0.785. The van der Waals surface area contributed by atoms with Crippen molar-refractivity contribution < 1.29 is 9.59 Å². The normalized spacial score (nSPS) is 7.25. The van der Waals surface area contributed by atoms with Crippen LogP contribution < -0.4 is 10.6 Å². The Labute approximate surface area is 73.0 Å². The monoisotopic (exact) mass is 172 g/mol. The minimum Gasteiger partial charge on any atom is -0.339 e. The van der Waals surface area contributed by atoms with Gasteiger partial charge < -0.3 is 10.6 Å². The minimum absolute atomic E-state index is 0.153. The first-order valence-corrected chi connectivity index (χ1v) is 3.81. The van der Waals surface area contributed by atoms with Gasteiger partial charge in [0.15, 0.2) is 0 Å². The summed E-state index contributed by atoms with van der Waals surface area (Å²) in [6.07, 6.45) is 1.14. The van der Waals surface area contributed by atoms with E-state index in [9.17, 15) is 9.59 Å². The van der Waals surface area contributed by atoms with E-state index in [0.29, 0.717) is 0 Å². The maximum Gasteiger partial charge on any atom is 0.244 e. The molecule has 0 aliphatic rings. The molecule has 0 heterocycles. The summed E-state index contributed by atoms with van der Waals surface area (Å²) < 4.78 is 0. The highest BCUT2D eigenvalue weighted by Crippen LogP contribution is 1.63. The number of rotatable bonds is 3. The Morgan fingerprint density at radius 3 is 2.17 bits per heavy atom. The van der Waals surface area contributed by atoms with Gasteiger partial charge in [0, 0.05) is 6.92 Å². The largest absolute Gasteiger partial charge is 0.339 e. The molecule has 2 amide bonds. The van der Waals surface area contributed by atoms with Crippen LogP contribution in [0.25, 0.3) is 0 Å². The van der Waals surface area contributed by atoms with E-state index >= 15 is 0 Å². The Morgan fingerprint density at radius 1 is 1.33 bits per heavy atom. The van der Waals surface area contributed by atoms with Crippen molar-refractivity contribution in [3.8, 4) is 0 Å². The molecular formula is C8H16N2O2. The Hall–Kier alpha value is -1.32. The fourth-order valence-electron chi connectivity index (χ4n) is 0.328. The zero-order chi connectivity index (χ0) is 9.98. The zero-order valence-electron chi connectivity index (χ0n) is 7.81. The zero-order valence-corrected chi connectivity index (χ0v) is 7.81. The summed E-state index contributed by atoms with van der Waals surface area (Å²) in [5.41, 5.74) is 0. The van der Waals surface area contributed by atoms with Gasteiger partial charge in [0.05, 0.1) is 6.67 Å². The second-order valence-electron chi connectivity index (χ2n) is 1.65. The lowest BCUT2D eigenvalue weighted by atomic mass is 10.6. The number of amides is 2. The first-order chi connectivity index (χ1) is 5.66. The Bertz CT molecular complexity index is 155. The molecule has 0 saturated heterocycles. The van der Waals surface area contributed by atoms with Crippen molar-refractivity contribution in [3.05, 3.63) is 12.7 Å². The molecule has 0 unspecified atom stereocenters.